The summed E-state index contributed by atoms with van der Waals surface area (Å²) in [7, 11) is 0. The number of hydrogen-bond donors (Lipinski definition) is 2. The molecule has 0 aliphatic heterocycles. The summed E-state index contributed by atoms with van der Waals surface area (Å²) in [5.74, 6) is -0.395. The quantitative estimate of drug-likeness (QED) is 0.718. The Balaban J connectivity index is 1.79. The van der Waals surface area contributed by atoms with E-state index in [0.29, 0.717) is 18.7 Å². The normalized spacial score (nSPS) is 11.9. The largest absolute Gasteiger partial charge is 0.364 e. The van der Waals surface area contributed by atoms with Crippen molar-refractivity contribution < 1.29 is 4.79 Å². The Labute approximate surface area is 144 Å². The van der Waals surface area contributed by atoms with Crippen molar-refractivity contribution in [3.05, 3.63) is 82.3 Å². The van der Waals surface area contributed by atoms with Crippen molar-refractivity contribution in [2.24, 2.45) is 0 Å². The van der Waals surface area contributed by atoms with Crippen LogP contribution in [0.15, 0.2) is 60.0 Å². The first kappa shape index (κ1) is 16.6. The number of carbonyl (C=O) groups excluding carboxylic acids is 1. The summed E-state index contributed by atoms with van der Waals surface area (Å²) in [5.41, 5.74) is 1.50. The zero-order valence-electron chi connectivity index (χ0n) is 13.8. The molecule has 1 atom stereocenters. The van der Waals surface area contributed by atoms with E-state index < -0.39 is 5.91 Å². The second-order valence-corrected chi connectivity index (χ2v) is 5.78. The van der Waals surface area contributed by atoms with Crippen molar-refractivity contribution >= 4 is 5.91 Å². The molecule has 2 aromatic heterocycles. The molecule has 0 aliphatic carbocycles. The third kappa shape index (κ3) is 4.20. The molecule has 1 aromatic carbocycles. The number of carbonyl (C=O) groups is 1. The molecule has 1 unspecified atom stereocenters. The Morgan fingerprint density at radius 2 is 2.12 bits per heavy atom. The van der Waals surface area contributed by atoms with Crippen LogP contribution in [0.3, 0.4) is 0 Å². The van der Waals surface area contributed by atoms with Crippen LogP contribution < -0.4 is 10.7 Å². The minimum atomic E-state index is -0.395. The number of aromatic nitrogens is 4. The zero-order valence-corrected chi connectivity index (χ0v) is 13.8. The Kier molecular flexibility index (Phi) is 5.03. The van der Waals surface area contributed by atoms with Crippen molar-refractivity contribution in [1.82, 2.24) is 25.1 Å². The topological polar surface area (TPSA) is 92.7 Å². The second kappa shape index (κ2) is 7.57. The van der Waals surface area contributed by atoms with Gasteiger partial charge in [0, 0.05) is 24.5 Å². The maximum absolute atomic E-state index is 12.6. The maximum Gasteiger partial charge on any atom is 0.257 e. The first-order valence-corrected chi connectivity index (χ1v) is 8.01. The Morgan fingerprint density at radius 1 is 1.32 bits per heavy atom. The molecule has 0 aliphatic rings. The fourth-order valence-corrected chi connectivity index (χ4v) is 2.60. The molecule has 2 N–H and O–H groups in total. The molecule has 3 rings (SSSR count). The van der Waals surface area contributed by atoms with E-state index in [-0.39, 0.29) is 17.0 Å². The molecule has 7 heteroatoms. The van der Waals surface area contributed by atoms with E-state index in [1.165, 1.54) is 18.6 Å². The molecule has 0 fully saturated rings. The summed E-state index contributed by atoms with van der Waals surface area (Å²) >= 11 is 0. The lowest BCUT2D eigenvalue weighted by atomic mass is 10.0. The number of benzene rings is 1. The van der Waals surface area contributed by atoms with Crippen LogP contribution in [0, 0.1) is 6.92 Å². The van der Waals surface area contributed by atoms with Crippen LogP contribution in [0.5, 0.6) is 0 Å². The highest BCUT2D eigenvalue weighted by Gasteiger charge is 2.18. The highest BCUT2D eigenvalue weighted by atomic mass is 16.2. The van der Waals surface area contributed by atoms with Gasteiger partial charge in [0.1, 0.15) is 18.2 Å². The van der Waals surface area contributed by atoms with E-state index in [4.69, 9.17) is 0 Å². The van der Waals surface area contributed by atoms with Crippen LogP contribution in [-0.2, 0) is 6.54 Å². The van der Waals surface area contributed by atoms with Crippen LogP contribution in [-0.4, -0.2) is 25.7 Å². The van der Waals surface area contributed by atoms with Crippen LogP contribution >= 0.6 is 0 Å². The molecular formula is C18H19N5O2. The highest BCUT2D eigenvalue weighted by molar-refractivity contribution is 5.94. The van der Waals surface area contributed by atoms with E-state index in [1.54, 1.807) is 17.9 Å². The van der Waals surface area contributed by atoms with Gasteiger partial charge in [0.15, 0.2) is 5.43 Å². The van der Waals surface area contributed by atoms with E-state index in [0.717, 1.165) is 5.56 Å². The Hall–Kier alpha value is -3.22. The number of rotatable bonds is 6. The predicted octanol–water partition coefficient (Wildman–Crippen LogP) is 1.84. The monoisotopic (exact) mass is 337 g/mol. The van der Waals surface area contributed by atoms with Gasteiger partial charge in [-0.2, -0.15) is 5.10 Å². The lowest BCUT2D eigenvalue weighted by Crippen LogP contribution is -2.32. The van der Waals surface area contributed by atoms with Crippen molar-refractivity contribution in [2.45, 2.75) is 25.9 Å². The number of aryl methyl sites for hydroxylation is 2. The number of nitrogens with zero attached hydrogens (tertiary/aromatic N) is 3. The average Bonchev–Trinajstić information content (AvgIpc) is 3.12. The minimum Gasteiger partial charge on any atom is -0.364 e. The van der Waals surface area contributed by atoms with Crippen LogP contribution in [0.4, 0.5) is 0 Å². The molecule has 0 saturated carbocycles. The fourth-order valence-electron chi connectivity index (χ4n) is 2.60. The summed E-state index contributed by atoms with van der Waals surface area (Å²) in [4.78, 5) is 31.4. The summed E-state index contributed by atoms with van der Waals surface area (Å²) in [5, 5.41) is 7.03. The zero-order chi connectivity index (χ0) is 17.6. The van der Waals surface area contributed by atoms with Crippen molar-refractivity contribution in [3.63, 3.8) is 0 Å². The molecule has 2 heterocycles. The minimum absolute atomic E-state index is 0.104. The van der Waals surface area contributed by atoms with Crippen LogP contribution in [0.25, 0.3) is 0 Å². The summed E-state index contributed by atoms with van der Waals surface area (Å²) in [6, 6.07) is 10.8. The second-order valence-electron chi connectivity index (χ2n) is 5.78. The third-order valence-electron chi connectivity index (χ3n) is 3.92. The number of aromatic amines is 1. The molecule has 0 radical (unpaired) electrons. The third-order valence-corrected chi connectivity index (χ3v) is 3.92. The molecule has 0 spiro atoms. The van der Waals surface area contributed by atoms with Gasteiger partial charge in [0.2, 0.25) is 0 Å². The maximum atomic E-state index is 12.6. The van der Waals surface area contributed by atoms with Gasteiger partial charge in [0.25, 0.3) is 5.91 Å². The number of pyridine rings is 1. The van der Waals surface area contributed by atoms with Gasteiger partial charge in [-0.15, -0.1) is 0 Å². The van der Waals surface area contributed by atoms with Gasteiger partial charge in [-0.1, -0.05) is 30.3 Å². The van der Waals surface area contributed by atoms with E-state index >= 15 is 0 Å². The van der Waals surface area contributed by atoms with Gasteiger partial charge in [-0.3, -0.25) is 14.3 Å². The SMILES string of the molecule is Cc1cc(=O)c(C(=O)NC(CCn2cncn2)c2ccccc2)c[nH]1. The van der Waals surface area contributed by atoms with E-state index in [2.05, 4.69) is 20.4 Å². The lowest BCUT2D eigenvalue weighted by Gasteiger charge is -2.19. The number of H-pyrrole nitrogens is 1. The van der Waals surface area contributed by atoms with Crippen molar-refractivity contribution in [1.29, 1.82) is 0 Å². The van der Waals surface area contributed by atoms with Gasteiger partial charge in [0.05, 0.1) is 6.04 Å². The average molecular weight is 337 g/mol. The smallest absolute Gasteiger partial charge is 0.257 e. The van der Waals surface area contributed by atoms with Gasteiger partial charge in [-0.25, -0.2) is 4.98 Å². The Bertz CT molecular complexity index is 887. The van der Waals surface area contributed by atoms with E-state index in [9.17, 15) is 9.59 Å². The van der Waals surface area contributed by atoms with Crippen LogP contribution in [0.2, 0.25) is 0 Å². The highest BCUT2D eigenvalue weighted by Crippen LogP contribution is 2.17. The fraction of sp³-hybridized carbons (Fsp3) is 0.222. The summed E-state index contributed by atoms with van der Waals surface area (Å²) < 4.78 is 1.71. The first-order valence-electron chi connectivity index (χ1n) is 8.01. The molecule has 0 bridgehead atoms. The first-order chi connectivity index (χ1) is 12.1. The van der Waals surface area contributed by atoms with Gasteiger partial charge < -0.3 is 10.3 Å². The summed E-state index contributed by atoms with van der Waals surface area (Å²) in [6.45, 7) is 2.37. The molecule has 7 nitrogen and oxygen atoms in total. The number of hydrogen-bond acceptors (Lipinski definition) is 4. The van der Waals surface area contributed by atoms with Crippen LogP contribution in [0.1, 0.15) is 34.1 Å². The predicted molar refractivity (Wildman–Crippen MR) is 93.1 cm³/mol. The standard InChI is InChI=1S/C18H19N5O2/c1-13-9-17(24)15(10-20-13)18(25)22-16(14-5-3-2-4-6-14)7-8-23-12-19-11-21-23/h2-6,9-12,16H,7-8H2,1H3,(H,20,24)(H,22,25). The molecule has 25 heavy (non-hydrogen) atoms. The molecule has 0 saturated heterocycles. The molecule has 3 aromatic rings. The summed E-state index contributed by atoms with van der Waals surface area (Å²) in [6.07, 6.45) is 5.19. The number of nitrogens with one attached hydrogen (secondary N) is 2. The van der Waals surface area contributed by atoms with Gasteiger partial charge in [-0.05, 0) is 18.9 Å². The number of amides is 1. The lowest BCUT2D eigenvalue weighted by molar-refractivity contribution is 0.0932. The molecule has 1 amide bonds. The van der Waals surface area contributed by atoms with E-state index in [1.807, 2.05) is 30.3 Å². The molecule has 128 valence electrons. The molecular weight excluding hydrogens is 318 g/mol. The van der Waals surface area contributed by atoms with Crippen molar-refractivity contribution in [3.8, 4) is 0 Å². The Morgan fingerprint density at radius 3 is 2.80 bits per heavy atom. The van der Waals surface area contributed by atoms with Gasteiger partial charge >= 0.3 is 0 Å². The van der Waals surface area contributed by atoms with Crippen molar-refractivity contribution in [2.75, 3.05) is 0 Å².